The molecule has 0 saturated heterocycles. The van der Waals surface area contributed by atoms with Gasteiger partial charge in [0.1, 0.15) is 4.70 Å². The molecule has 0 fully saturated rings. The second-order valence-electron chi connectivity index (χ2n) is 9.30. The summed E-state index contributed by atoms with van der Waals surface area (Å²) in [6.45, 7) is 4.76. The van der Waals surface area contributed by atoms with Crippen molar-refractivity contribution in [2.24, 2.45) is 5.14 Å². The minimum absolute atomic E-state index is 0.0351. The van der Waals surface area contributed by atoms with Crippen molar-refractivity contribution in [1.82, 2.24) is 14.9 Å². The van der Waals surface area contributed by atoms with Crippen LogP contribution >= 0.6 is 23.1 Å². The molecule has 2 aromatic heterocycles. The number of nitrogens with two attached hydrogens (primary N) is 1. The predicted octanol–water partition coefficient (Wildman–Crippen LogP) is 3.56. The number of nitrogens with one attached hydrogen (secondary N) is 1. The van der Waals surface area contributed by atoms with E-state index in [1.165, 1.54) is 39.8 Å². The average Bonchev–Trinajstić information content (AvgIpc) is 3.45. The fraction of sp³-hybridized carbons (Fsp3) is 0.241. The number of sulfonamides is 1. The summed E-state index contributed by atoms with van der Waals surface area (Å²) in [5.74, 6) is -0.235. The van der Waals surface area contributed by atoms with Crippen molar-refractivity contribution in [2.75, 3.05) is 23.7 Å². The fourth-order valence-corrected chi connectivity index (χ4v) is 6.40. The van der Waals surface area contributed by atoms with Gasteiger partial charge in [-0.25, -0.2) is 18.5 Å². The molecule has 0 atom stereocenters. The van der Waals surface area contributed by atoms with Gasteiger partial charge in [-0.15, -0.1) is 17.9 Å². The van der Waals surface area contributed by atoms with Crippen LogP contribution in [0.25, 0.3) is 10.2 Å². The van der Waals surface area contributed by atoms with Crippen molar-refractivity contribution in [1.29, 1.82) is 0 Å². The van der Waals surface area contributed by atoms with Crippen LogP contribution in [0.4, 0.5) is 5.69 Å². The second-order valence-corrected chi connectivity index (χ2v) is 12.7. The van der Waals surface area contributed by atoms with Crippen LogP contribution in [0.1, 0.15) is 18.4 Å². The molecule has 2 amide bonds. The molecule has 42 heavy (non-hydrogen) atoms. The first-order chi connectivity index (χ1) is 20.2. The van der Waals surface area contributed by atoms with Crippen molar-refractivity contribution in [3.63, 3.8) is 0 Å². The number of aromatic nitrogens is 2. The number of amides is 2. The number of rotatable bonds is 14. The standard InChI is InChI=1S/C29H31N5O5S3/c1-2-17-33(22-7-4-3-5-8-22)26(36)20-41-29-32-24-15-19-40-27(24)28(37)34(29)18-6-9-25(35)31-16-14-21-10-12-23(13-11-21)42(30,38)39/h2-5,7-8,10-13,15,19H,1,6,9,14,16-18,20H2,(H,31,35)(H2,30,38,39). The van der Waals surface area contributed by atoms with Crippen molar-refractivity contribution in [3.8, 4) is 0 Å². The number of carbonyl (C=O) groups excluding carboxylic acids is 2. The third kappa shape index (κ3) is 8.16. The Morgan fingerprint density at radius 2 is 1.86 bits per heavy atom. The largest absolute Gasteiger partial charge is 0.356 e. The molecule has 0 aliphatic rings. The van der Waals surface area contributed by atoms with Crippen LogP contribution < -0.4 is 20.9 Å². The fourth-order valence-electron chi connectivity index (χ4n) is 4.20. The van der Waals surface area contributed by atoms with Crippen LogP contribution in [-0.4, -0.2) is 48.6 Å². The van der Waals surface area contributed by atoms with E-state index in [0.717, 1.165) is 11.3 Å². The number of fused-ring (bicyclic) bond motifs is 1. The number of nitrogens with zero attached hydrogens (tertiary/aromatic N) is 3. The normalized spacial score (nSPS) is 11.4. The first-order valence-corrected chi connectivity index (χ1v) is 16.5. The maximum Gasteiger partial charge on any atom is 0.272 e. The SMILES string of the molecule is C=CCN(C(=O)CSc1nc2ccsc2c(=O)n1CCCC(=O)NCCc1ccc(S(N)(=O)=O)cc1)c1ccccc1. The van der Waals surface area contributed by atoms with E-state index in [9.17, 15) is 22.8 Å². The van der Waals surface area contributed by atoms with Crippen molar-refractivity contribution >= 4 is 60.8 Å². The van der Waals surface area contributed by atoms with E-state index in [0.29, 0.717) is 41.3 Å². The summed E-state index contributed by atoms with van der Waals surface area (Å²) in [5, 5.41) is 10.2. The Bertz CT molecular complexity index is 1720. The molecular formula is C29H31N5O5S3. The highest BCUT2D eigenvalue weighted by molar-refractivity contribution is 7.99. The van der Waals surface area contributed by atoms with Crippen LogP contribution in [0.2, 0.25) is 0 Å². The topological polar surface area (TPSA) is 144 Å². The van der Waals surface area contributed by atoms with Gasteiger partial charge in [0.05, 0.1) is 16.2 Å². The smallest absolute Gasteiger partial charge is 0.272 e. The summed E-state index contributed by atoms with van der Waals surface area (Å²) in [6, 6.07) is 17.3. The Balaban J connectivity index is 1.35. The van der Waals surface area contributed by atoms with Gasteiger partial charge in [-0.1, -0.05) is 48.2 Å². The molecule has 4 rings (SSSR count). The van der Waals surface area contributed by atoms with E-state index in [1.807, 2.05) is 30.3 Å². The van der Waals surface area contributed by atoms with Crippen molar-refractivity contribution < 1.29 is 18.0 Å². The number of para-hydroxylation sites is 1. The first-order valence-electron chi connectivity index (χ1n) is 13.1. The lowest BCUT2D eigenvalue weighted by Crippen LogP contribution is -2.33. The molecule has 0 aliphatic heterocycles. The van der Waals surface area contributed by atoms with E-state index >= 15 is 0 Å². The molecule has 220 valence electrons. The van der Waals surface area contributed by atoms with Crippen LogP contribution in [0.15, 0.2) is 93.5 Å². The highest BCUT2D eigenvalue weighted by atomic mass is 32.2. The lowest BCUT2D eigenvalue weighted by atomic mass is 10.1. The van der Waals surface area contributed by atoms with Crippen LogP contribution in [0.3, 0.4) is 0 Å². The third-order valence-corrected chi connectivity index (χ3v) is 9.09. The summed E-state index contributed by atoms with van der Waals surface area (Å²) >= 11 is 2.50. The molecule has 0 spiro atoms. The van der Waals surface area contributed by atoms with Gasteiger partial charge in [0.2, 0.25) is 21.8 Å². The Kier molecular flexibility index (Phi) is 10.7. The number of anilines is 1. The molecule has 0 aliphatic carbocycles. The monoisotopic (exact) mass is 625 g/mol. The third-order valence-electron chi connectivity index (χ3n) is 6.31. The summed E-state index contributed by atoms with van der Waals surface area (Å²) in [6.07, 6.45) is 2.79. The predicted molar refractivity (Wildman–Crippen MR) is 167 cm³/mol. The molecule has 4 aromatic rings. The second kappa shape index (κ2) is 14.4. The Morgan fingerprint density at radius 3 is 2.55 bits per heavy atom. The Labute approximate surface area is 252 Å². The minimum Gasteiger partial charge on any atom is -0.356 e. The number of benzene rings is 2. The highest BCUT2D eigenvalue weighted by Crippen LogP contribution is 2.23. The van der Waals surface area contributed by atoms with Crippen LogP contribution in [0.5, 0.6) is 0 Å². The number of hydrogen-bond acceptors (Lipinski definition) is 8. The van der Waals surface area contributed by atoms with Crippen molar-refractivity contribution in [3.05, 3.63) is 94.6 Å². The van der Waals surface area contributed by atoms with E-state index in [2.05, 4.69) is 16.9 Å². The quantitative estimate of drug-likeness (QED) is 0.124. The van der Waals surface area contributed by atoms with Crippen LogP contribution in [0, 0.1) is 0 Å². The van der Waals surface area contributed by atoms with Crippen molar-refractivity contribution in [2.45, 2.75) is 35.9 Å². The summed E-state index contributed by atoms with van der Waals surface area (Å²) < 4.78 is 24.8. The summed E-state index contributed by atoms with van der Waals surface area (Å²) in [5.41, 5.74) is 2.00. The molecule has 10 nitrogen and oxygen atoms in total. The maximum atomic E-state index is 13.3. The molecule has 0 radical (unpaired) electrons. The van der Waals surface area contributed by atoms with Gasteiger partial charge in [0.15, 0.2) is 5.16 Å². The highest BCUT2D eigenvalue weighted by Gasteiger charge is 2.18. The molecule has 2 aromatic carbocycles. The van der Waals surface area contributed by atoms with E-state index in [4.69, 9.17) is 5.14 Å². The zero-order valence-corrected chi connectivity index (χ0v) is 25.2. The van der Waals surface area contributed by atoms with Gasteiger partial charge >= 0.3 is 0 Å². The molecule has 0 unspecified atom stereocenters. The molecule has 0 bridgehead atoms. The van der Waals surface area contributed by atoms with E-state index in [-0.39, 0.29) is 41.0 Å². The Hall–Kier alpha value is -3.78. The zero-order chi connectivity index (χ0) is 30.1. The first kappa shape index (κ1) is 31.2. The number of thioether (sulfide) groups is 1. The number of thiophene rings is 1. The number of primary sulfonamides is 1. The molecule has 0 saturated carbocycles. The minimum atomic E-state index is -3.75. The Morgan fingerprint density at radius 1 is 1.12 bits per heavy atom. The lowest BCUT2D eigenvalue weighted by molar-refractivity contribution is -0.121. The van der Waals surface area contributed by atoms with Crippen LogP contribution in [-0.2, 0) is 32.6 Å². The molecule has 13 heteroatoms. The molecular weight excluding hydrogens is 595 g/mol. The van der Waals surface area contributed by atoms with Gasteiger partial charge in [-0.2, -0.15) is 0 Å². The summed E-state index contributed by atoms with van der Waals surface area (Å²) in [7, 11) is -3.75. The van der Waals surface area contributed by atoms with Gasteiger partial charge in [0.25, 0.3) is 5.56 Å². The van der Waals surface area contributed by atoms with Gasteiger partial charge in [0, 0.05) is 31.7 Å². The number of carbonyl (C=O) groups is 2. The number of hydrogen-bond donors (Lipinski definition) is 2. The van der Waals surface area contributed by atoms with E-state index in [1.54, 1.807) is 34.6 Å². The lowest BCUT2D eigenvalue weighted by Gasteiger charge is -2.21. The maximum absolute atomic E-state index is 13.3. The van der Waals surface area contributed by atoms with E-state index < -0.39 is 10.0 Å². The van der Waals surface area contributed by atoms with Gasteiger partial charge in [-0.05, 0) is 54.1 Å². The molecule has 3 N–H and O–H groups in total. The zero-order valence-electron chi connectivity index (χ0n) is 22.8. The summed E-state index contributed by atoms with van der Waals surface area (Å²) in [4.78, 5) is 45.2. The van der Waals surface area contributed by atoms with Gasteiger partial charge in [-0.3, -0.25) is 19.0 Å². The molecule has 2 heterocycles. The average molecular weight is 626 g/mol. The van der Waals surface area contributed by atoms with Gasteiger partial charge < -0.3 is 10.2 Å².